The van der Waals surface area contributed by atoms with Gasteiger partial charge in [-0.3, -0.25) is 14.2 Å². The number of fused-ring (bicyclic) bond motifs is 3. The minimum atomic E-state index is 0.000855. The van der Waals surface area contributed by atoms with Gasteiger partial charge in [-0.15, -0.1) is 11.3 Å². The van der Waals surface area contributed by atoms with Gasteiger partial charge in [0.15, 0.2) is 5.16 Å². The molecule has 5 nitrogen and oxygen atoms in total. The second-order valence-corrected chi connectivity index (χ2v) is 8.35. The van der Waals surface area contributed by atoms with Crippen LogP contribution in [0.15, 0.2) is 9.95 Å². The van der Waals surface area contributed by atoms with Crippen LogP contribution in [-0.2, 0) is 24.2 Å². The maximum Gasteiger partial charge on any atom is 0.263 e. The molecule has 1 amide bonds. The zero-order valence-corrected chi connectivity index (χ0v) is 16.5. The number of thioether (sulfide) groups is 1. The molecule has 3 rings (SSSR count). The zero-order chi connectivity index (χ0) is 17.8. The fourth-order valence-electron chi connectivity index (χ4n) is 3.19. The van der Waals surface area contributed by atoms with Crippen LogP contribution in [0.5, 0.6) is 0 Å². The lowest BCUT2D eigenvalue weighted by molar-refractivity contribution is -0.118. The van der Waals surface area contributed by atoms with E-state index < -0.39 is 0 Å². The third kappa shape index (κ3) is 3.92. The van der Waals surface area contributed by atoms with Crippen LogP contribution in [0.25, 0.3) is 10.2 Å². The standard InChI is InChI=1S/C18H25N3O2S2/c1-3-5-10-19-14(22)11-24-18-20-16-15(17(23)21(18)4-2)12-8-6-7-9-13(12)25-16/h3-11H2,1-2H3,(H,19,22). The number of carbonyl (C=O) groups is 1. The molecule has 0 fully saturated rings. The normalized spacial score (nSPS) is 13.8. The van der Waals surface area contributed by atoms with Crippen LogP contribution in [0.3, 0.4) is 0 Å². The van der Waals surface area contributed by atoms with E-state index in [0.717, 1.165) is 42.3 Å². The first-order valence-electron chi connectivity index (χ1n) is 9.10. The summed E-state index contributed by atoms with van der Waals surface area (Å²) in [4.78, 5) is 31.9. The molecule has 1 N–H and O–H groups in total. The highest BCUT2D eigenvalue weighted by Crippen LogP contribution is 2.34. The number of hydrogen-bond donors (Lipinski definition) is 1. The van der Waals surface area contributed by atoms with Crippen molar-refractivity contribution in [2.75, 3.05) is 12.3 Å². The predicted molar refractivity (Wildman–Crippen MR) is 105 cm³/mol. The summed E-state index contributed by atoms with van der Waals surface area (Å²) in [6, 6.07) is 0. The van der Waals surface area contributed by atoms with Crippen molar-refractivity contribution in [3.8, 4) is 0 Å². The van der Waals surface area contributed by atoms with E-state index in [2.05, 4.69) is 12.2 Å². The van der Waals surface area contributed by atoms with Gasteiger partial charge in [0.25, 0.3) is 5.56 Å². The van der Waals surface area contributed by atoms with E-state index in [1.165, 1.54) is 28.6 Å². The highest BCUT2D eigenvalue weighted by atomic mass is 32.2. The summed E-state index contributed by atoms with van der Waals surface area (Å²) in [6.45, 7) is 5.34. The van der Waals surface area contributed by atoms with E-state index in [-0.39, 0.29) is 11.5 Å². The third-order valence-corrected chi connectivity index (χ3v) is 6.70. The molecule has 1 aliphatic carbocycles. The molecular formula is C18H25N3O2S2. The van der Waals surface area contributed by atoms with Crippen LogP contribution < -0.4 is 10.9 Å². The van der Waals surface area contributed by atoms with Gasteiger partial charge in [0.05, 0.1) is 11.1 Å². The van der Waals surface area contributed by atoms with E-state index in [4.69, 9.17) is 4.98 Å². The number of thiophene rings is 1. The summed E-state index contributed by atoms with van der Waals surface area (Å²) in [6.07, 6.45) is 6.44. The molecule has 0 spiro atoms. The van der Waals surface area contributed by atoms with Crippen LogP contribution in [0.2, 0.25) is 0 Å². The fourth-order valence-corrected chi connectivity index (χ4v) is 5.39. The molecule has 2 heterocycles. The van der Waals surface area contributed by atoms with Gasteiger partial charge in [0, 0.05) is 18.0 Å². The smallest absolute Gasteiger partial charge is 0.263 e. The van der Waals surface area contributed by atoms with Crippen molar-refractivity contribution in [1.29, 1.82) is 0 Å². The first-order chi connectivity index (χ1) is 12.2. The van der Waals surface area contributed by atoms with Gasteiger partial charge in [-0.25, -0.2) is 4.98 Å². The van der Waals surface area contributed by atoms with Crippen molar-refractivity contribution >= 4 is 39.2 Å². The maximum atomic E-state index is 13.0. The quantitative estimate of drug-likeness (QED) is 0.455. The molecule has 0 bridgehead atoms. The molecule has 1 aliphatic rings. The Hall–Kier alpha value is -1.34. The molecule has 0 saturated carbocycles. The van der Waals surface area contributed by atoms with Crippen molar-refractivity contribution in [2.24, 2.45) is 0 Å². The van der Waals surface area contributed by atoms with Gasteiger partial charge in [-0.2, -0.15) is 0 Å². The fraction of sp³-hybridized carbons (Fsp3) is 0.611. The van der Waals surface area contributed by atoms with Gasteiger partial charge in [-0.1, -0.05) is 25.1 Å². The molecular weight excluding hydrogens is 354 g/mol. The molecule has 0 atom stereocenters. The SMILES string of the molecule is CCCCNC(=O)CSc1nc2sc3c(c2c(=O)n1CC)CCCC3. The highest BCUT2D eigenvalue weighted by Gasteiger charge is 2.22. The van der Waals surface area contributed by atoms with Crippen molar-refractivity contribution in [3.63, 3.8) is 0 Å². The van der Waals surface area contributed by atoms with Gasteiger partial charge in [0.2, 0.25) is 5.91 Å². The Balaban J connectivity index is 1.85. The molecule has 136 valence electrons. The summed E-state index contributed by atoms with van der Waals surface area (Å²) < 4.78 is 1.72. The Bertz CT molecular complexity index is 826. The van der Waals surface area contributed by atoms with Crippen LogP contribution >= 0.6 is 23.1 Å². The topological polar surface area (TPSA) is 64.0 Å². The number of aromatic nitrogens is 2. The lowest BCUT2D eigenvalue weighted by Gasteiger charge is -2.12. The molecule has 0 aliphatic heterocycles. The van der Waals surface area contributed by atoms with E-state index in [0.29, 0.717) is 24.0 Å². The second kappa shape index (κ2) is 8.36. The number of hydrogen-bond acceptors (Lipinski definition) is 5. The summed E-state index contributed by atoms with van der Waals surface area (Å²) in [7, 11) is 0. The van der Waals surface area contributed by atoms with E-state index in [1.54, 1.807) is 15.9 Å². The largest absolute Gasteiger partial charge is 0.355 e. The van der Waals surface area contributed by atoms with Crippen LogP contribution in [-0.4, -0.2) is 27.8 Å². The van der Waals surface area contributed by atoms with Gasteiger partial charge in [-0.05, 0) is 44.6 Å². The second-order valence-electron chi connectivity index (χ2n) is 6.33. The first-order valence-corrected chi connectivity index (χ1v) is 10.9. The molecule has 0 unspecified atom stereocenters. The highest BCUT2D eigenvalue weighted by molar-refractivity contribution is 7.99. The van der Waals surface area contributed by atoms with Gasteiger partial charge >= 0.3 is 0 Å². The molecule has 0 saturated heterocycles. The Morgan fingerprint density at radius 2 is 2.12 bits per heavy atom. The molecule has 0 aromatic carbocycles. The minimum absolute atomic E-state index is 0.000855. The maximum absolute atomic E-state index is 13.0. The summed E-state index contributed by atoms with van der Waals surface area (Å²) in [5.74, 6) is 0.299. The number of carbonyl (C=O) groups excluding carboxylic acids is 1. The molecule has 0 radical (unpaired) electrons. The van der Waals surface area contributed by atoms with Crippen molar-refractivity contribution in [2.45, 2.75) is 64.1 Å². The van der Waals surface area contributed by atoms with E-state index in [1.807, 2.05) is 6.92 Å². The van der Waals surface area contributed by atoms with Crippen molar-refractivity contribution in [1.82, 2.24) is 14.9 Å². The van der Waals surface area contributed by atoms with Crippen LogP contribution in [0, 0.1) is 0 Å². The number of nitrogens with one attached hydrogen (secondary N) is 1. The van der Waals surface area contributed by atoms with Gasteiger partial charge < -0.3 is 5.32 Å². The Kier molecular flexibility index (Phi) is 6.17. The van der Waals surface area contributed by atoms with Crippen molar-refractivity contribution < 1.29 is 4.79 Å². The average molecular weight is 380 g/mol. The van der Waals surface area contributed by atoms with Crippen LogP contribution in [0.1, 0.15) is 50.0 Å². The number of nitrogens with zero attached hydrogens (tertiary/aromatic N) is 2. The monoisotopic (exact) mass is 379 g/mol. The predicted octanol–water partition coefficient (Wildman–Crippen LogP) is 3.37. The Morgan fingerprint density at radius 1 is 1.32 bits per heavy atom. The Labute approximate surface area is 156 Å². The lowest BCUT2D eigenvalue weighted by atomic mass is 9.97. The average Bonchev–Trinajstić information content (AvgIpc) is 2.98. The van der Waals surface area contributed by atoms with Gasteiger partial charge in [0.1, 0.15) is 4.83 Å². The minimum Gasteiger partial charge on any atom is -0.355 e. The van der Waals surface area contributed by atoms with E-state index in [9.17, 15) is 9.59 Å². The number of rotatable bonds is 7. The molecule has 7 heteroatoms. The number of unbranched alkanes of at least 4 members (excludes halogenated alkanes) is 1. The Morgan fingerprint density at radius 3 is 2.88 bits per heavy atom. The summed E-state index contributed by atoms with van der Waals surface area (Å²) in [5, 5.41) is 4.39. The zero-order valence-electron chi connectivity index (χ0n) is 14.9. The van der Waals surface area contributed by atoms with Crippen molar-refractivity contribution in [3.05, 3.63) is 20.8 Å². The summed E-state index contributed by atoms with van der Waals surface area (Å²) in [5.41, 5.74) is 1.28. The van der Waals surface area contributed by atoms with E-state index >= 15 is 0 Å². The molecule has 2 aromatic heterocycles. The summed E-state index contributed by atoms with van der Waals surface area (Å²) >= 11 is 3.02. The number of aryl methyl sites for hydroxylation is 2. The first kappa shape index (κ1) is 18.5. The third-order valence-electron chi connectivity index (χ3n) is 4.54. The van der Waals surface area contributed by atoms with Crippen LogP contribution in [0.4, 0.5) is 0 Å². The molecule has 25 heavy (non-hydrogen) atoms. The molecule has 2 aromatic rings. The number of amides is 1. The lowest BCUT2D eigenvalue weighted by Crippen LogP contribution is -2.27.